The summed E-state index contributed by atoms with van der Waals surface area (Å²) in [6, 6.07) is 10.2. The predicted molar refractivity (Wildman–Crippen MR) is 92.4 cm³/mol. The van der Waals surface area contributed by atoms with Crippen molar-refractivity contribution in [1.82, 2.24) is 5.32 Å². The number of rotatable bonds is 7. The van der Waals surface area contributed by atoms with Crippen molar-refractivity contribution in [1.29, 1.82) is 0 Å². The van der Waals surface area contributed by atoms with Crippen LogP contribution in [0.25, 0.3) is 0 Å². The van der Waals surface area contributed by atoms with E-state index in [0.29, 0.717) is 11.3 Å². The number of thiophene rings is 1. The molecule has 7 heteroatoms. The summed E-state index contributed by atoms with van der Waals surface area (Å²) in [6.07, 6.45) is -0.00640. The average Bonchev–Trinajstić information content (AvgIpc) is 3.08. The number of benzene rings is 1. The Morgan fingerprint density at radius 3 is 2.38 bits per heavy atom. The summed E-state index contributed by atoms with van der Waals surface area (Å²) in [5.74, 6) is -1.75. The summed E-state index contributed by atoms with van der Waals surface area (Å²) in [4.78, 5) is 35.6. The Hall–Kier alpha value is -2.67. The van der Waals surface area contributed by atoms with E-state index in [9.17, 15) is 14.4 Å². The molecule has 1 atom stereocenters. The first-order valence-electron chi connectivity index (χ1n) is 7.36. The van der Waals surface area contributed by atoms with Crippen LogP contribution in [0.3, 0.4) is 0 Å². The fourth-order valence-electron chi connectivity index (χ4n) is 2.29. The van der Waals surface area contributed by atoms with E-state index in [2.05, 4.69) is 10.6 Å². The van der Waals surface area contributed by atoms with Gasteiger partial charge in [-0.3, -0.25) is 14.4 Å². The fourth-order valence-corrected chi connectivity index (χ4v) is 3.12. The molecule has 0 radical (unpaired) electrons. The van der Waals surface area contributed by atoms with E-state index in [1.54, 1.807) is 31.3 Å². The van der Waals surface area contributed by atoms with Crippen molar-refractivity contribution in [3.05, 3.63) is 52.2 Å². The summed E-state index contributed by atoms with van der Waals surface area (Å²) in [5, 5.41) is 16.1. The Balaban J connectivity index is 2.00. The molecule has 3 N–H and O–H groups in total. The number of carbonyl (C=O) groups is 3. The van der Waals surface area contributed by atoms with Crippen LogP contribution in [-0.2, 0) is 9.59 Å². The van der Waals surface area contributed by atoms with Gasteiger partial charge >= 0.3 is 5.97 Å². The van der Waals surface area contributed by atoms with Gasteiger partial charge in [0.25, 0.3) is 5.91 Å². The number of carboxylic acid groups (broad SMARTS) is 1. The van der Waals surface area contributed by atoms with Crippen LogP contribution in [0.5, 0.6) is 0 Å². The topological polar surface area (TPSA) is 95.5 Å². The molecule has 0 aliphatic heterocycles. The van der Waals surface area contributed by atoms with Gasteiger partial charge in [0.2, 0.25) is 5.91 Å². The SMILES string of the molecule is CNC(=O)c1ccc(NC(=O)C[C@@H](CC(=O)O)c2cccs2)cc1. The lowest BCUT2D eigenvalue weighted by atomic mass is 9.99. The number of carboxylic acids is 1. The van der Waals surface area contributed by atoms with Gasteiger partial charge < -0.3 is 15.7 Å². The molecule has 6 nitrogen and oxygen atoms in total. The third kappa shape index (κ3) is 4.92. The number of hydrogen-bond donors (Lipinski definition) is 3. The lowest BCUT2D eigenvalue weighted by molar-refractivity contribution is -0.137. The molecule has 24 heavy (non-hydrogen) atoms. The van der Waals surface area contributed by atoms with Crippen LogP contribution in [0.4, 0.5) is 5.69 Å². The smallest absolute Gasteiger partial charge is 0.304 e. The van der Waals surface area contributed by atoms with Crippen molar-refractivity contribution in [3.63, 3.8) is 0 Å². The first-order valence-corrected chi connectivity index (χ1v) is 8.24. The molecule has 0 saturated heterocycles. The summed E-state index contributed by atoms with van der Waals surface area (Å²) in [6.45, 7) is 0. The second-order valence-corrected chi connectivity index (χ2v) is 6.20. The van der Waals surface area contributed by atoms with Gasteiger partial charge in [-0.15, -0.1) is 11.3 Å². The molecular formula is C17H18N2O4S. The van der Waals surface area contributed by atoms with Gasteiger partial charge in [0, 0.05) is 35.5 Å². The second kappa shape index (κ2) is 8.26. The quantitative estimate of drug-likeness (QED) is 0.718. The molecule has 0 aliphatic carbocycles. The number of amides is 2. The zero-order chi connectivity index (χ0) is 17.5. The van der Waals surface area contributed by atoms with Gasteiger partial charge in [-0.25, -0.2) is 0 Å². The molecule has 1 heterocycles. The van der Waals surface area contributed by atoms with Gasteiger partial charge in [0.1, 0.15) is 0 Å². The number of hydrogen-bond acceptors (Lipinski definition) is 4. The maximum absolute atomic E-state index is 12.2. The minimum atomic E-state index is -0.934. The lowest BCUT2D eigenvalue weighted by Crippen LogP contribution is -2.18. The first-order chi connectivity index (χ1) is 11.5. The molecule has 0 saturated carbocycles. The molecule has 2 rings (SSSR count). The number of anilines is 1. The zero-order valence-corrected chi connectivity index (χ0v) is 13.9. The van der Waals surface area contributed by atoms with Crippen LogP contribution in [0.2, 0.25) is 0 Å². The van der Waals surface area contributed by atoms with Crippen molar-refractivity contribution in [2.75, 3.05) is 12.4 Å². The predicted octanol–water partition coefficient (Wildman–Crippen LogP) is 2.69. The molecule has 0 fully saturated rings. The van der Waals surface area contributed by atoms with Crippen LogP contribution in [0, 0.1) is 0 Å². The van der Waals surface area contributed by atoms with Crippen molar-refractivity contribution in [2.45, 2.75) is 18.8 Å². The molecule has 2 amide bonds. The Morgan fingerprint density at radius 2 is 1.83 bits per heavy atom. The molecule has 0 unspecified atom stereocenters. The van der Waals surface area contributed by atoms with E-state index in [4.69, 9.17) is 5.11 Å². The van der Waals surface area contributed by atoms with E-state index in [-0.39, 0.29) is 30.6 Å². The standard InChI is InChI=1S/C17H18N2O4S/c1-18-17(23)11-4-6-13(7-5-11)19-15(20)9-12(10-16(21)22)14-3-2-8-24-14/h2-8,12H,9-10H2,1H3,(H,18,23)(H,19,20)(H,21,22)/t12-/m0/s1. The third-order valence-corrected chi connectivity index (χ3v) is 4.49. The van der Waals surface area contributed by atoms with Gasteiger partial charge in [0.05, 0.1) is 6.42 Å². The van der Waals surface area contributed by atoms with E-state index < -0.39 is 5.97 Å². The molecule has 1 aromatic carbocycles. The van der Waals surface area contributed by atoms with Crippen molar-refractivity contribution in [3.8, 4) is 0 Å². The molecule has 0 bridgehead atoms. The first kappa shape index (κ1) is 17.7. The Kier molecular flexibility index (Phi) is 6.08. The van der Waals surface area contributed by atoms with Crippen LogP contribution in [0.1, 0.15) is 34.0 Å². The van der Waals surface area contributed by atoms with Crippen LogP contribution in [-0.4, -0.2) is 29.9 Å². The highest BCUT2D eigenvalue weighted by atomic mass is 32.1. The average molecular weight is 346 g/mol. The summed E-state index contributed by atoms with van der Waals surface area (Å²) in [7, 11) is 1.55. The second-order valence-electron chi connectivity index (χ2n) is 5.22. The van der Waals surface area contributed by atoms with Gasteiger partial charge in [-0.1, -0.05) is 6.07 Å². The van der Waals surface area contributed by atoms with E-state index in [1.807, 2.05) is 17.5 Å². The van der Waals surface area contributed by atoms with Gasteiger partial charge in [0.15, 0.2) is 0 Å². The molecular weight excluding hydrogens is 328 g/mol. The number of aliphatic carboxylic acids is 1. The monoisotopic (exact) mass is 346 g/mol. The molecule has 126 valence electrons. The Labute approximate surface area is 143 Å². The summed E-state index contributed by atoms with van der Waals surface area (Å²) >= 11 is 1.44. The highest BCUT2D eigenvalue weighted by Gasteiger charge is 2.20. The maximum Gasteiger partial charge on any atom is 0.304 e. The summed E-state index contributed by atoms with van der Waals surface area (Å²) < 4.78 is 0. The molecule has 2 aromatic rings. The number of carbonyl (C=O) groups excluding carboxylic acids is 2. The van der Waals surface area contributed by atoms with Gasteiger partial charge in [-0.2, -0.15) is 0 Å². The van der Waals surface area contributed by atoms with Gasteiger partial charge in [-0.05, 0) is 35.7 Å². The van der Waals surface area contributed by atoms with E-state index in [1.165, 1.54) is 11.3 Å². The van der Waals surface area contributed by atoms with E-state index in [0.717, 1.165) is 4.88 Å². The van der Waals surface area contributed by atoms with Crippen LogP contribution in [0.15, 0.2) is 41.8 Å². The number of nitrogens with one attached hydrogen (secondary N) is 2. The van der Waals surface area contributed by atoms with Crippen LogP contribution >= 0.6 is 11.3 Å². The summed E-state index contributed by atoms with van der Waals surface area (Å²) in [5.41, 5.74) is 1.06. The maximum atomic E-state index is 12.2. The Morgan fingerprint density at radius 1 is 1.12 bits per heavy atom. The lowest BCUT2D eigenvalue weighted by Gasteiger charge is -2.13. The minimum Gasteiger partial charge on any atom is -0.481 e. The normalized spacial score (nSPS) is 11.5. The largest absolute Gasteiger partial charge is 0.481 e. The highest BCUT2D eigenvalue weighted by Crippen LogP contribution is 2.28. The third-order valence-electron chi connectivity index (χ3n) is 3.46. The Bertz CT molecular complexity index is 711. The fraction of sp³-hybridized carbons (Fsp3) is 0.235. The zero-order valence-electron chi connectivity index (χ0n) is 13.1. The molecule has 1 aromatic heterocycles. The van der Waals surface area contributed by atoms with E-state index >= 15 is 0 Å². The minimum absolute atomic E-state index is 0.0873. The molecule has 0 aliphatic rings. The van der Waals surface area contributed by atoms with Crippen LogP contribution < -0.4 is 10.6 Å². The van der Waals surface area contributed by atoms with Crippen molar-refractivity contribution in [2.24, 2.45) is 0 Å². The molecule has 0 spiro atoms. The van der Waals surface area contributed by atoms with Crippen molar-refractivity contribution < 1.29 is 19.5 Å². The highest BCUT2D eigenvalue weighted by molar-refractivity contribution is 7.10. The van der Waals surface area contributed by atoms with Crippen molar-refractivity contribution >= 4 is 34.8 Å².